The molecular weight excluding hydrogens is 244 g/mol. The second kappa shape index (κ2) is 5.35. The fraction of sp³-hybridized carbons (Fsp3) is 0.0667. The molecule has 0 aliphatic heterocycles. The SMILES string of the molecule is C=C(COc1ccc(O)c(O)c1O)c1ccccc1. The minimum absolute atomic E-state index is 0.0902. The van der Waals surface area contributed by atoms with Crippen LogP contribution >= 0.6 is 0 Å². The molecule has 4 heteroatoms. The topological polar surface area (TPSA) is 69.9 Å². The van der Waals surface area contributed by atoms with Crippen LogP contribution in [0.25, 0.3) is 5.57 Å². The van der Waals surface area contributed by atoms with Gasteiger partial charge in [0.15, 0.2) is 11.5 Å². The summed E-state index contributed by atoms with van der Waals surface area (Å²) in [5, 5.41) is 28.2. The Balaban J connectivity index is 2.08. The van der Waals surface area contributed by atoms with Crippen LogP contribution in [0.15, 0.2) is 49.0 Å². The van der Waals surface area contributed by atoms with E-state index < -0.39 is 17.2 Å². The average molecular weight is 258 g/mol. The molecule has 0 unspecified atom stereocenters. The Morgan fingerprint density at radius 3 is 2.32 bits per heavy atom. The predicted molar refractivity (Wildman–Crippen MR) is 72.4 cm³/mol. The molecule has 2 aromatic rings. The zero-order valence-electron chi connectivity index (χ0n) is 10.2. The van der Waals surface area contributed by atoms with Crippen molar-refractivity contribution in [2.24, 2.45) is 0 Å². The van der Waals surface area contributed by atoms with E-state index in [0.717, 1.165) is 11.1 Å². The van der Waals surface area contributed by atoms with Gasteiger partial charge in [-0.05, 0) is 23.3 Å². The van der Waals surface area contributed by atoms with Gasteiger partial charge in [0, 0.05) is 0 Å². The molecule has 0 fully saturated rings. The Morgan fingerprint density at radius 2 is 1.63 bits per heavy atom. The van der Waals surface area contributed by atoms with Crippen LogP contribution in [0.2, 0.25) is 0 Å². The number of phenols is 3. The predicted octanol–water partition coefficient (Wildman–Crippen LogP) is 2.90. The number of benzene rings is 2. The molecule has 19 heavy (non-hydrogen) atoms. The lowest BCUT2D eigenvalue weighted by atomic mass is 10.1. The molecule has 0 aromatic heterocycles. The third-order valence-corrected chi connectivity index (χ3v) is 2.68. The smallest absolute Gasteiger partial charge is 0.204 e. The van der Waals surface area contributed by atoms with Crippen molar-refractivity contribution in [2.75, 3.05) is 6.61 Å². The molecule has 2 aromatic carbocycles. The molecule has 2 rings (SSSR count). The third kappa shape index (κ3) is 2.80. The van der Waals surface area contributed by atoms with Crippen LogP contribution in [0.4, 0.5) is 0 Å². The van der Waals surface area contributed by atoms with Gasteiger partial charge in [0.05, 0.1) is 0 Å². The lowest BCUT2D eigenvalue weighted by Gasteiger charge is -2.11. The number of hydrogen-bond donors (Lipinski definition) is 3. The summed E-state index contributed by atoms with van der Waals surface area (Å²) in [5.74, 6) is -1.39. The second-order valence-electron chi connectivity index (χ2n) is 4.04. The summed E-state index contributed by atoms with van der Waals surface area (Å²) >= 11 is 0. The molecule has 0 amide bonds. The Kier molecular flexibility index (Phi) is 3.61. The first-order chi connectivity index (χ1) is 9.09. The molecule has 0 spiro atoms. The van der Waals surface area contributed by atoms with E-state index in [1.165, 1.54) is 12.1 Å². The van der Waals surface area contributed by atoms with Gasteiger partial charge < -0.3 is 20.1 Å². The van der Waals surface area contributed by atoms with Gasteiger partial charge in [0.25, 0.3) is 0 Å². The minimum Gasteiger partial charge on any atom is -0.504 e. The van der Waals surface area contributed by atoms with Gasteiger partial charge in [-0.15, -0.1) is 0 Å². The van der Waals surface area contributed by atoms with E-state index in [0.29, 0.717) is 0 Å². The molecule has 4 nitrogen and oxygen atoms in total. The Morgan fingerprint density at radius 1 is 0.947 bits per heavy atom. The Labute approximate surface area is 110 Å². The molecular formula is C15H14O4. The molecule has 0 heterocycles. The van der Waals surface area contributed by atoms with Gasteiger partial charge in [-0.25, -0.2) is 0 Å². The number of aromatic hydroxyl groups is 3. The number of hydrogen-bond acceptors (Lipinski definition) is 4. The standard InChI is InChI=1S/C15H14O4/c1-10(11-5-3-2-4-6-11)9-19-13-8-7-12(16)14(17)15(13)18/h2-8,16-18H,1,9H2. The van der Waals surface area contributed by atoms with Crippen molar-refractivity contribution in [2.45, 2.75) is 0 Å². The fourth-order valence-electron chi connectivity index (χ4n) is 1.59. The van der Waals surface area contributed by atoms with Crippen LogP contribution < -0.4 is 4.74 Å². The normalized spacial score (nSPS) is 10.1. The summed E-state index contributed by atoms with van der Waals surface area (Å²) in [6.45, 7) is 4.06. The van der Waals surface area contributed by atoms with Gasteiger partial charge in [-0.2, -0.15) is 0 Å². The molecule has 0 saturated carbocycles. The number of ether oxygens (including phenoxy) is 1. The zero-order valence-corrected chi connectivity index (χ0v) is 10.2. The monoisotopic (exact) mass is 258 g/mol. The van der Waals surface area contributed by atoms with Crippen LogP contribution in [0.1, 0.15) is 5.56 Å². The molecule has 0 aliphatic rings. The minimum atomic E-state index is -0.595. The van der Waals surface area contributed by atoms with Gasteiger partial charge in [-0.3, -0.25) is 0 Å². The highest BCUT2D eigenvalue weighted by Crippen LogP contribution is 2.41. The quantitative estimate of drug-likeness (QED) is 0.737. The van der Waals surface area contributed by atoms with Crippen LogP contribution in [0.3, 0.4) is 0 Å². The third-order valence-electron chi connectivity index (χ3n) is 2.68. The van der Waals surface area contributed by atoms with E-state index in [9.17, 15) is 15.3 Å². The lowest BCUT2D eigenvalue weighted by Crippen LogP contribution is -1.99. The van der Waals surface area contributed by atoms with Crippen molar-refractivity contribution in [1.29, 1.82) is 0 Å². The second-order valence-corrected chi connectivity index (χ2v) is 4.04. The summed E-state index contributed by atoms with van der Waals surface area (Å²) in [6.07, 6.45) is 0. The molecule has 0 saturated heterocycles. The van der Waals surface area contributed by atoms with Gasteiger partial charge >= 0.3 is 0 Å². The largest absolute Gasteiger partial charge is 0.504 e. The van der Waals surface area contributed by atoms with E-state index in [2.05, 4.69) is 6.58 Å². The van der Waals surface area contributed by atoms with Crippen molar-refractivity contribution >= 4 is 5.57 Å². The van der Waals surface area contributed by atoms with Crippen molar-refractivity contribution in [3.05, 3.63) is 54.6 Å². The van der Waals surface area contributed by atoms with Crippen LogP contribution in [0, 0.1) is 0 Å². The van der Waals surface area contributed by atoms with Crippen molar-refractivity contribution in [1.82, 2.24) is 0 Å². The van der Waals surface area contributed by atoms with Gasteiger partial charge in [-0.1, -0.05) is 36.9 Å². The van der Waals surface area contributed by atoms with Crippen LogP contribution in [-0.2, 0) is 0 Å². The summed E-state index contributed by atoms with van der Waals surface area (Å²) in [5.41, 5.74) is 1.68. The maximum atomic E-state index is 9.60. The molecule has 98 valence electrons. The first-order valence-electron chi connectivity index (χ1n) is 5.69. The highest BCUT2D eigenvalue weighted by Gasteiger charge is 2.12. The van der Waals surface area contributed by atoms with E-state index in [4.69, 9.17) is 4.74 Å². The summed E-state index contributed by atoms with van der Waals surface area (Å²) in [7, 11) is 0. The van der Waals surface area contributed by atoms with E-state index in [-0.39, 0.29) is 12.4 Å². The average Bonchev–Trinajstić information content (AvgIpc) is 2.45. The maximum Gasteiger partial charge on any atom is 0.204 e. The van der Waals surface area contributed by atoms with Crippen LogP contribution in [0.5, 0.6) is 23.0 Å². The maximum absolute atomic E-state index is 9.60. The summed E-state index contributed by atoms with van der Waals surface area (Å²) in [6, 6.07) is 12.1. The van der Waals surface area contributed by atoms with Gasteiger partial charge in [0.1, 0.15) is 6.61 Å². The highest BCUT2D eigenvalue weighted by atomic mass is 16.5. The van der Waals surface area contributed by atoms with Crippen LogP contribution in [-0.4, -0.2) is 21.9 Å². The van der Waals surface area contributed by atoms with Gasteiger partial charge in [0.2, 0.25) is 11.5 Å². The number of phenolic OH excluding ortho intramolecular Hbond substituents is 3. The van der Waals surface area contributed by atoms with E-state index in [1.807, 2.05) is 30.3 Å². The first kappa shape index (κ1) is 12.8. The van der Waals surface area contributed by atoms with E-state index in [1.54, 1.807) is 0 Å². The molecule has 3 N–H and O–H groups in total. The van der Waals surface area contributed by atoms with Crippen molar-refractivity contribution < 1.29 is 20.1 Å². The highest BCUT2D eigenvalue weighted by molar-refractivity contribution is 5.64. The zero-order chi connectivity index (χ0) is 13.8. The molecule has 0 atom stereocenters. The van der Waals surface area contributed by atoms with E-state index >= 15 is 0 Å². The first-order valence-corrected chi connectivity index (χ1v) is 5.69. The lowest BCUT2D eigenvalue weighted by molar-refractivity contribution is 0.319. The number of rotatable bonds is 4. The Bertz CT molecular complexity index is 591. The Hall–Kier alpha value is -2.62. The summed E-state index contributed by atoms with van der Waals surface area (Å²) in [4.78, 5) is 0. The molecule has 0 aliphatic carbocycles. The van der Waals surface area contributed by atoms with Crippen molar-refractivity contribution in [3.8, 4) is 23.0 Å². The molecule has 0 radical (unpaired) electrons. The summed E-state index contributed by atoms with van der Waals surface area (Å²) < 4.78 is 5.37. The fourth-order valence-corrected chi connectivity index (χ4v) is 1.59. The molecule has 0 bridgehead atoms. The van der Waals surface area contributed by atoms with Crippen molar-refractivity contribution in [3.63, 3.8) is 0 Å².